The minimum atomic E-state index is 0.116. The molecule has 2 fully saturated rings. The van der Waals surface area contributed by atoms with Gasteiger partial charge in [-0.2, -0.15) is 0 Å². The van der Waals surface area contributed by atoms with Crippen LogP contribution >= 0.6 is 0 Å². The van der Waals surface area contributed by atoms with Crippen LogP contribution in [0.25, 0.3) is 0 Å². The van der Waals surface area contributed by atoms with Crippen LogP contribution in [0.5, 0.6) is 11.5 Å². The molecule has 1 aromatic carbocycles. The quantitative estimate of drug-likeness (QED) is 0.605. The van der Waals surface area contributed by atoms with Gasteiger partial charge in [-0.3, -0.25) is 4.99 Å². The van der Waals surface area contributed by atoms with Crippen molar-refractivity contribution in [2.75, 3.05) is 47.1 Å². The maximum atomic E-state index is 5.94. The minimum absolute atomic E-state index is 0.116. The summed E-state index contributed by atoms with van der Waals surface area (Å²) in [5.41, 5.74) is 1.12. The van der Waals surface area contributed by atoms with E-state index in [2.05, 4.69) is 15.2 Å². The summed E-state index contributed by atoms with van der Waals surface area (Å²) in [6.45, 7) is 6.41. The summed E-state index contributed by atoms with van der Waals surface area (Å²) < 4.78 is 22.8. The van der Waals surface area contributed by atoms with Gasteiger partial charge >= 0.3 is 0 Å². The lowest BCUT2D eigenvalue weighted by molar-refractivity contribution is -0.0817. The van der Waals surface area contributed by atoms with Crippen molar-refractivity contribution in [1.29, 1.82) is 0 Å². The molecule has 0 bridgehead atoms. The molecular formula is C20H31N3O4. The van der Waals surface area contributed by atoms with Gasteiger partial charge in [0.2, 0.25) is 0 Å². The molecule has 0 spiro atoms. The number of hydrogen-bond acceptors (Lipinski definition) is 5. The number of nitrogens with zero attached hydrogens (tertiary/aromatic N) is 2. The molecular weight excluding hydrogens is 346 g/mol. The first-order valence-corrected chi connectivity index (χ1v) is 9.73. The Bertz CT molecular complexity index is 632. The fourth-order valence-electron chi connectivity index (χ4n) is 3.60. The molecule has 7 nitrogen and oxygen atoms in total. The predicted octanol–water partition coefficient (Wildman–Crippen LogP) is 2.05. The van der Waals surface area contributed by atoms with E-state index in [1.54, 1.807) is 7.11 Å². The van der Waals surface area contributed by atoms with E-state index < -0.39 is 0 Å². The largest absolute Gasteiger partial charge is 0.493 e. The van der Waals surface area contributed by atoms with Gasteiger partial charge in [-0.05, 0) is 37.5 Å². The van der Waals surface area contributed by atoms with E-state index in [9.17, 15) is 0 Å². The summed E-state index contributed by atoms with van der Waals surface area (Å²) in [7, 11) is 3.47. The van der Waals surface area contributed by atoms with Crippen LogP contribution in [-0.2, 0) is 16.0 Å². The Morgan fingerprint density at radius 2 is 2.11 bits per heavy atom. The van der Waals surface area contributed by atoms with Crippen molar-refractivity contribution in [1.82, 2.24) is 10.2 Å². The monoisotopic (exact) mass is 377 g/mol. The van der Waals surface area contributed by atoms with Crippen LogP contribution < -0.4 is 14.8 Å². The van der Waals surface area contributed by atoms with Crippen molar-refractivity contribution >= 4 is 5.96 Å². The van der Waals surface area contributed by atoms with Crippen molar-refractivity contribution in [3.63, 3.8) is 0 Å². The summed E-state index contributed by atoms with van der Waals surface area (Å²) in [5, 5.41) is 3.46. The van der Waals surface area contributed by atoms with E-state index >= 15 is 0 Å². The van der Waals surface area contributed by atoms with E-state index in [1.165, 1.54) is 0 Å². The zero-order valence-electron chi connectivity index (χ0n) is 16.6. The van der Waals surface area contributed by atoms with Crippen LogP contribution in [0, 0.1) is 0 Å². The minimum Gasteiger partial charge on any atom is -0.493 e. The second kappa shape index (κ2) is 9.80. The van der Waals surface area contributed by atoms with Crippen LogP contribution in [0.2, 0.25) is 0 Å². The second-order valence-electron chi connectivity index (χ2n) is 6.73. The Kier molecular flexibility index (Phi) is 7.18. The molecule has 27 heavy (non-hydrogen) atoms. The van der Waals surface area contributed by atoms with Crippen LogP contribution in [0.15, 0.2) is 23.2 Å². The summed E-state index contributed by atoms with van der Waals surface area (Å²) in [4.78, 5) is 6.71. The zero-order chi connectivity index (χ0) is 19.1. The molecule has 150 valence electrons. The third-order valence-corrected chi connectivity index (χ3v) is 4.96. The number of nitrogens with one attached hydrogen (secondary N) is 1. The van der Waals surface area contributed by atoms with Crippen molar-refractivity contribution in [3.8, 4) is 11.5 Å². The Morgan fingerprint density at radius 1 is 1.26 bits per heavy atom. The zero-order valence-corrected chi connectivity index (χ0v) is 16.6. The molecule has 7 heteroatoms. The van der Waals surface area contributed by atoms with Crippen LogP contribution in [-0.4, -0.2) is 70.1 Å². The molecule has 1 N–H and O–H groups in total. The molecule has 0 aliphatic carbocycles. The Morgan fingerprint density at radius 3 is 2.81 bits per heavy atom. The van der Waals surface area contributed by atoms with Crippen molar-refractivity contribution in [3.05, 3.63) is 23.8 Å². The van der Waals surface area contributed by atoms with Gasteiger partial charge in [0.15, 0.2) is 17.5 Å². The number of guanidine groups is 1. The predicted molar refractivity (Wildman–Crippen MR) is 105 cm³/mol. The van der Waals surface area contributed by atoms with Crippen molar-refractivity contribution in [2.24, 2.45) is 4.99 Å². The van der Waals surface area contributed by atoms with Gasteiger partial charge in [-0.1, -0.05) is 6.07 Å². The summed E-state index contributed by atoms with van der Waals surface area (Å²) in [6, 6.07) is 5.99. The molecule has 2 aliphatic heterocycles. The maximum Gasteiger partial charge on any atom is 0.194 e. The first kappa shape index (κ1) is 19.8. The highest BCUT2D eigenvalue weighted by molar-refractivity contribution is 5.80. The molecule has 2 heterocycles. The summed E-state index contributed by atoms with van der Waals surface area (Å²) >= 11 is 0. The van der Waals surface area contributed by atoms with Crippen LogP contribution in [0.4, 0.5) is 0 Å². The molecule has 0 amide bonds. The van der Waals surface area contributed by atoms with Gasteiger partial charge in [-0.15, -0.1) is 0 Å². The first-order chi connectivity index (χ1) is 13.2. The van der Waals surface area contributed by atoms with Crippen LogP contribution in [0.1, 0.15) is 25.3 Å². The highest BCUT2D eigenvalue weighted by atomic mass is 16.5. The lowest BCUT2D eigenvalue weighted by atomic mass is 10.1. The SMILES string of the molecule is CCOc1cc(CNC(=NC)N2CCOC(C3CCCO3)C2)ccc1OC. The summed E-state index contributed by atoms with van der Waals surface area (Å²) in [6.07, 6.45) is 2.53. The molecule has 0 aromatic heterocycles. The summed E-state index contributed by atoms with van der Waals surface area (Å²) in [5.74, 6) is 2.40. The van der Waals surface area contributed by atoms with E-state index in [0.717, 1.165) is 55.6 Å². The topological polar surface area (TPSA) is 64.6 Å². The molecule has 0 saturated carbocycles. The number of hydrogen-bond donors (Lipinski definition) is 1. The van der Waals surface area contributed by atoms with Crippen molar-refractivity contribution in [2.45, 2.75) is 38.5 Å². The highest BCUT2D eigenvalue weighted by Crippen LogP contribution is 2.28. The number of morpholine rings is 1. The Labute approximate surface area is 161 Å². The smallest absolute Gasteiger partial charge is 0.194 e. The van der Waals surface area contributed by atoms with E-state index in [-0.39, 0.29) is 12.2 Å². The van der Waals surface area contributed by atoms with Gasteiger partial charge in [0.25, 0.3) is 0 Å². The molecule has 0 radical (unpaired) electrons. The molecule has 2 unspecified atom stereocenters. The third kappa shape index (κ3) is 5.05. The Balaban J connectivity index is 1.59. The average molecular weight is 377 g/mol. The lowest BCUT2D eigenvalue weighted by Gasteiger charge is -2.37. The van der Waals surface area contributed by atoms with E-state index in [0.29, 0.717) is 19.8 Å². The van der Waals surface area contributed by atoms with E-state index in [1.807, 2.05) is 32.2 Å². The number of rotatable bonds is 6. The fraction of sp³-hybridized carbons (Fsp3) is 0.650. The van der Waals surface area contributed by atoms with Crippen LogP contribution in [0.3, 0.4) is 0 Å². The Hall–Kier alpha value is -1.99. The standard InChI is InChI=1S/C20H31N3O4/c1-4-25-18-12-15(7-8-16(18)24-3)13-22-20(21-2)23-9-11-27-19(14-23)17-6-5-10-26-17/h7-8,12,17,19H,4-6,9-11,13-14H2,1-3H3,(H,21,22). The van der Waals surface area contributed by atoms with Gasteiger partial charge in [-0.25, -0.2) is 0 Å². The molecule has 2 atom stereocenters. The molecule has 2 aliphatic rings. The normalized spacial score (nSPS) is 23.4. The van der Waals surface area contributed by atoms with Gasteiger partial charge < -0.3 is 29.2 Å². The number of aliphatic imine (C=N–C) groups is 1. The number of methoxy groups -OCH3 is 1. The fourth-order valence-corrected chi connectivity index (χ4v) is 3.60. The van der Waals surface area contributed by atoms with Gasteiger partial charge in [0.1, 0.15) is 6.10 Å². The van der Waals surface area contributed by atoms with E-state index in [4.69, 9.17) is 18.9 Å². The van der Waals surface area contributed by atoms with Gasteiger partial charge in [0.05, 0.1) is 26.4 Å². The molecule has 3 rings (SSSR count). The number of benzene rings is 1. The maximum absolute atomic E-state index is 5.94. The van der Waals surface area contributed by atoms with Crippen molar-refractivity contribution < 1.29 is 18.9 Å². The lowest BCUT2D eigenvalue weighted by Crippen LogP contribution is -2.53. The first-order valence-electron chi connectivity index (χ1n) is 9.73. The molecule has 2 saturated heterocycles. The highest BCUT2D eigenvalue weighted by Gasteiger charge is 2.32. The second-order valence-corrected chi connectivity index (χ2v) is 6.73. The molecule has 1 aromatic rings. The average Bonchev–Trinajstić information content (AvgIpc) is 3.24. The van der Waals surface area contributed by atoms with Gasteiger partial charge in [0, 0.05) is 33.3 Å². The third-order valence-electron chi connectivity index (χ3n) is 4.96. The number of ether oxygens (including phenoxy) is 4.